The molecule has 1 aliphatic carbocycles. The number of halogens is 3. The van der Waals surface area contributed by atoms with Gasteiger partial charge in [0.05, 0.1) is 12.1 Å². The average Bonchev–Trinajstić information content (AvgIpc) is 3.12. The molecule has 1 fully saturated rings. The molecule has 0 saturated heterocycles. The highest BCUT2D eigenvalue weighted by Gasteiger charge is 2.31. The number of benzene rings is 1. The minimum atomic E-state index is -4.35. The lowest BCUT2D eigenvalue weighted by Gasteiger charge is -2.28. The summed E-state index contributed by atoms with van der Waals surface area (Å²) in [5, 5.41) is 11.3. The molecule has 1 saturated carbocycles. The van der Waals surface area contributed by atoms with Crippen molar-refractivity contribution in [1.82, 2.24) is 25.0 Å². The van der Waals surface area contributed by atoms with Gasteiger partial charge < -0.3 is 9.88 Å². The molecule has 9 heteroatoms. The number of nitrogens with zero attached hydrogens (tertiary/aromatic N) is 4. The van der Waals surface area contributed by atoms with Gasteiger partial charge >= 0.3 is 6.18 Å². The van der Waals surface area contributed by atoms with E-state index in [2.05, 4.69) is 15.5 Å². The smallest absolute Gasteiger partial charge is 0.347 e. The summed E-state index contributed by atoms with van der Waals surface area (Å²) in [5.74, 6) is 0.795. The van der Waals surface area contributed by atoms with E-state index < -0.39 is 11.7 Å². The molecule has 0 radical (unpaired) electrons. The SMILES string of the molecule is O=C(NC1CCCCC1)c1nnc2n1CCN(Cc1cccc(C(F)(F)F)c1)C2. The Morgan fingerprint density at radius 2 is 1.93 bits per heavy atom. The van der Waals surface area contributed by atoms with Crippen LogP contribution in [0.5, 0.6) is 0 Å². The molecule has 0 bridgehead atoms. The van der Waals surface area contributed by atoms with E-state index in [9.17, 15) is 18.0 Å². The zero-order valence-electron chi connectivity index (χ0n) is 16.1. The maximum absolute atomic E-state index is 12.9. The number of aromatic nitrogens is 3. The van der Waals surface area contributed by atoms with Crippen molar-refractivity contribution in [3.05, 3.63) is 47.0 Å². The van der Waals surface area contributed by atoms with Crippen LogP contribution in [-0.4, -0.2) is 38.2 Å². The maximum atomic E-state index is 12.9. The molecule has 0 spiro atoms. The lowest BCUT2D eigenvalue weighted by atomic mass is 9.95. The van der Waals surface area contributed by atoms with E-state index in [0.29, 0.717) is 43.4 Å². The van der Waals surface area contributed by atoms with Crippen molar-refractivity contribution >= 4 is 5.91 Å². The van der Waals surface area contributed by atoms with Crippen LogP contribution in [0.4, 0.5) is 13.2 Å². The first-order chi connectivity index (χ1) is 13.9. The number of hydrogen-bond acceptors (Lipinski definition) is 4. The molecule has 0 atom stereocenters. The van der Waals surface area contributed by atoms with Gasteiger partial charge in [0, 0.05) is 25.7 Å². The van der Waals surface area contributed by atoms with E-state index in [1.54, 1.807) is 6.07 Å². The summed E-state index contributed by atoms with van der Waals surface area (Å²) in [6.07, 6.45) is 1.13. The fraction of sp³-hybridized carbons (Fsp3) is 0.550. The lowest BCUT2D eigenvalue weighted by molar-refractivity contribution is -0.137. The molecule has 2 aromatic rings. The maximum Gasteiger partial charge on any atom is 0.416 e. The third kappa shape index (κ3) is 4.60. The zero-order valence-corrected chi connectivity index (χ0v) is 16.1. The van der Waals surface area contributed by atoms with Crippen LogP contribution in [0, 0.1) is 0 Å². The normalized spacial score (nSPS) is 18.4. The van der Waals surface area contributed by atoms with Gasteiger partial charge in [0.25, 0.3) is 5.91 Å². The molecule has 0 unspecified atom stereocenters. The largest absolute Gasteiger partial charge is 0.416 e. The van der Waals surface area contributed by atoms with Gasteiger partial charge in [-0.3, -0.25) is 9.69 Å². The first-order valence-electron chi connectivity index (χ1n) is 10.0. The van der Waals surface area contributed by atoms with Crippen molar-refractivity contribution < 1.29 is 18.0 Å². The molecule has 1 amide bonds. The Bertz CT molecular complexity index is 873. The number of alkyl halides is 3. The van der Waals surface area contributed by atoms with Crippen molar-refractivity contribution in [2.45, 2.75) is 64.0 Å². The van der Waals surface area contributed by atoms with Crippen molar-refractivity contribution in [2.75, 3.05) is 6.54 Å². The van der Waals surface area contributed by atoms with E-state index in [1.165, 1.54) is 18.6 Å². The molecule has 2 heterocycles. The number of fused-ring (bicyclic) bond motifs is 1. The monoisotopic (exact) mass is 407 g/mol. The highest BCUT2D eigenvalue weighted by Crippen LogP contribution is 2.30. The van der Waals surface area contributed by atoms with E-state index in [0.717, 1.165) is 31.7 Å². The standard InChI is InChI=1S/C20H24F3N5O/c21-20(22,23)15-6-4-5-14(11-15)12-27-9-10-28-17(13-27)25-26-18(28)19(29)24-16-7-2-1-3-8-16/h4-6,11,16H,1-3,7-10,12-13H2,(H,24,29). The summed E-state index contributed by atoms with van der Waals surface area (Å²) in [5.41, 5.74) is -0.0418. The Hall–Kier alpha value is -2.42. The summed E-state index contributed by atoms with van der Waals surface area (Å²) in [6, 6.07) is 5.58. The van der Waals surface area contributed by atoms with Gasteiger partial charge in [0.2, 0.25) is 5.82 Å². The molecule has 1 N–H and O–H groups in total. The van der Waals surface area contributed by atoms with Gasteiger partial charge in [-0.2, -0.15) is 13.2 Å². The molecule has 156 valence electrons. The van der Waals surface area contributed by atoms with Crippen LogP contribution in [-0.2, 0) is 25.8 Å². The van der Waals surface area contributed by atoms with Crippen molar-refractivity contribution in [1.29, 1.82) is 0 Å². The fourth-order valence-electron chi connectivity index (χ4n) is 4.11. The van der Waals surface area contributed by atoms with Gasteiger partial charge in [-0.1, -0.05) is 37.5 Å². The molecule has 4 rings (SSSR count). The van der Waals surface area contributed by atoms with Crippen LogP contribution in [0.25, 0.3) is 0 Å². The lowest BCUT2D eigenvalue weighted by Crippen LogP contribution is -2.39. The number of hydrogen-bond donors (Lipinski definition) is 1. The quantitative estimate of drug-likeness (QED) is 0.844. The third-order valence-electron chi connectivity index (χ3n) is 5.64. The number of amides is 1. The molecule has 1 aliphatic heterocycles. The van der Waals surface area contributed by atoms with Crippen LogP contribution in [0.2, 0.25) is 0 Å². The predicted molar refractivity (Wildman–Crippen MR) is 99.9 cm³/mol. The van der Waals surface area contributed by atoms with Gasteiger partial charge in [-0.15, -0.1) is 10.2 Å². The number of rotatable bonds is 4. The van der Waals surface area contributed by atoms with E-state index >= 15 is 0 Å². The van der Waals surface area contributed by atoms with E-state index in [1.807, 2.05) is 9.47 Å². The van der Waals surface area contributed by atoms with Crippen LogP contribution >= 0.6 is 0 Å². The number of carbonyl (C=O) groups excluding carboxylic acids is 1. The summed E-state index contributed by atoms with van der Waals surface area (Å²) >= 11 is 0. The Morgan fingerprint density at radius 1 is 1.14 bits per heavy atom. The van der Waals surface area contributed by atoms with E-state index in [-0.39, 0.29) is 11.9 Å². The highest BCUT2D eigenvalue weighted by molar-refractivity contribution is 5.90. The molecule has 6 nitrogen and oxygen atoms in total. The second-order valence-electron chi connectivity index (χ2n) is 7.81. The van der Waals surface area contributed by atoms with Gasteiger partial charge in [-0.05, 0) is 24.5 Å². The number of carbonyl (C=O) groups is 1. The van der Waals surface area contributed by atoms with Crippen molar-refractivity contribution in [3.63, 3.8) is 0 Å². The van der Waals surface area contributed by atoms with Crippen LogP contribution < -0.4 is 5.32 Å². The minimum Gasteiger partial charge on any atom is -0.347 e. The first-order valence-corrected chi connectivity index (χ1v) is 10.0. The Kier molecular flexibility index (Phi) is 5.58. The van der Waals surface area contributed by atoms with Gasteiger partial charge in [0.15, 0.2) is 0 Å². The third-order valence-corrected chi connectivity index (χ3v) is 5.64. The molecule has 29 heavy (non-hydrogen) atoms. The highest BCUT2D eigenvalue weighted by atomic mass is 19.4. The Morgan fingerprint density at radius 3 is 2.69 bits per heavy atom. The zero-order chi connectivity index (χ0) is 20.4. The second-order valence-corrected chi connectivity index (χ2v) is 7.81. The molecular formula is C20H24F3N5O. The Balaban J connectivity index is 1.40. The van der Waals surface area contributed by atoms with Crippen molar-refractivity contribution in [3.8, 4) is 0 Å². The predicted octanol–water partition coefficient (Wildman–Crippen LogP) is 3.38. The van der Waals surface area contributed by atoms with Crippen LogP contribution in [0.3, 0.4) is 0 Å². The second kappa shape index (κ2) is 8.14. The topological polar surface area (TPSA) is 63.1 Å². The van der Waals surface area contributed by atoms with Crippen LogP contribution in [0.1, 0.15) is 59.7 Å². The number of nitrogens with one attached hydrogen (secondary N) is 1. The molecule has 2 aliphatic rings. The van der Waals surface area contributed by atoms with E-state index in [4.69, 9.17) is 0 Å². The molecular weight excluding hydrogens is 383 g/mol. The molecule has 1 aromatic heterocycles. The summed E-state index contributed by atoms with van der Waals surface area (Å²) < 4.78 is 40.6. The van der Waals surface area contributed by atoms with Crippen LogP contribution in [0.15, 0.2) is 24.3 Å². The summed E-state index contributed by atoms with van der Waals surface area (Å²) in [7, 11) is 0. The van der Waals surface area contributed by atoms with Gasteiger partial charge in [-0.25, -0.2) is 0 Å². The summed E-state index contributed by atoms with van der Waals surface area (Å²) in [4.78, 5) is 14.6. The summed E-state index contributed by atoms with van der Waals surface area (Å²) in [6.45, 7) is 1.99. The molecule has 1 aromatic carbocycles. The minimum absolute atomic E-state index is 0.193. The Labute approximate surface area is 167 Å². The average molecular weight is 407 g/mol. The first kappa shape index (κ1) is 19.9. The van der Waals surface area contributed by atoms with Crippen molar-refractivity contribution in [2.24, 2.45) is 0 Å². The van der Waals surface area contributed by atoms with Gasteiger partial charge in [0.1, 0.15) is 5.82 Å². The fourth-order valence-corrected chi connectivity index (χ4v) is 4.11.